The third kappa shape index (κ3) is 7.18. The molecule has 1 aromatic rings. The zero-order chi connectivity index (χ0) is 31.2. The summed E-state index contributed by atoms with van der Waals surface area (Å²) in [7, 11) is -2.40. The van der Waals surface area contributed by atoms with Crippen LogP contribution in [0.25, 0.3) is 0 Å². The molecule has 1 saturated carbocycles. The Hall–Kier alpha value is -0.833. The van der Waals surface area contributed by atoms with Crippen LogP contribution >= 0.6 is 18.7 Å². The van der Waals surface area contributed by atoms with E-state index in [1.807, 2.05) is 6.92 Å². The SMILES string of the molecule is C=C(C)[C@@H]1CC[C@](C)(SC[PH](=S)OC[C@H]2O[C@@H](n3cnc4c3N=C(N)NC4O)[C@H](F)C2O[Si](C)(C)C(C)(C)C)[C@@H](O)C1. The number of aliphatic hydroxyl groups is 2. The Bertz CT molecular complexity index is 1220. The maximum atomic E-state index is 16.3. The van der Waals surface area contributed by atoms with Crippen molar-refractivity contribution < 1.29 is 28.3 Å². The molecule has 3 aliphatic rings. The van der Waals surface area contributed by atoms with Crippen molar-refractivity contribution in [3.05, 3.63) is 24.2 Å². The summed E-state index contributed by atoms with van der Waals surface area (Å²) in [6, 6.07) is 0. The number of fused-ring (bicyclic) bond motifs is 1. The number of hydrogen-bond acceptors (Lipinski definition) is 11. The molecule has 2 fully saturated rings. The third-order valence-electron chi connectivity index (χ3n) is 9.17. The van der Waals surface area contributed by atoms with Gasteiger partial charge in [-0.2, -0.15) is 4.99 Å². The van der Waals surface area contributed by atoms with E-state index in [0.29, 0.717) is 17.8 Å². The molecule has 0 amide bonds. The number of rotatable bonds is 10. The van der Waals surface area contributed by atoms with Gasteiger partial charge in [0.05, 0.1) is 26.0 Å². The van der Waals surface area contributed by atoms with Crippen molar-refractivity contribution in [3.8, 4) is 0 Å². The highest BCUT2D eigenvalue weighted by molar-refractivity contribution is 8.14. The summed E-state index contributed by atoms with van der Waals surface area (Å²) < 4.78 is 36.5. The zero-order valence-electron chi connectivity index (χ0n) is 25.6. The van der Waals surface area contributed by atoms with Crippen molar-refractivity contribution in [2.24, 2.45) is 16.6 Å². The molecule has 238 valence electrons. The molecule has 0 radical (unpaired) electrons. The molecule has 0 bridgehead atoms. The second-order valence-electron chi connectivity index (χ2n) is 13.4. The van der Waals surface area contributed by atoms with Crippen LogP contribution in [0, 0.1) is 5.92 Å². The average Bonchev–Trinajstić information content (AvgIpc) is 3.43. The van der Waals surface area contributed by atoms with Gasteiger partial charge in [0.2, 0.25) is 0 Å². The number of guanidine groups is 1. The second-order valence-corrected chi connectivity index (χ2v) is 22.9. The van der Waals surface area contributed by atoms with Crippen molar-refractivity contribution >= 4 is 50.6 Å². The third-order valence-corrected chi connectivity index (χ3v) is 18.2. The summed E-state index contributed by atoms with van der Waals surface area (Å²) in [4.78, 5) is 8.47. The molecule has 3 heterocycles. The average molecular weight is 664 g/mol. The number of aliphatic imine (C=N–C) groups is 1. The fourth-order valence-corrected chi connectivity index (χ4v) is 10.3. The summed E-state index contributed by atoms with van der Waals surface area (Å²) in [5.74, 6) is 0.582. The first-order chi connectivity index (χ1) is 19.4. The Morgan fingerprint density at radius 2 is 2.12 bits per heavy atom. The van der Waals surface area contributed by atoms with E-state index in [-0.39, 0.29) is 33.9 Å². The van der Waals surface area contributed by atoms with Crippen LogP contribution < -0.4 is 11.1 Å². The smallest absolute Gasteiger partial charge is 0.197 e. The van der Waals surface area contributed by atoms with Crippen LogP contribution in [0.15, 0.2) is 23.5 Å². The monoisotopic (exact) mass is 663 g/mol. The number of imidazole rings is 1. The lowest BCUT2D eigenvalue weighted by atomic mass is 9.77. The van der Waals surface area contributed by atoms with Crippen LogP contribution in [-0.4, -0.2) is 75.4 Å². The Morgan fingerprint density at radius 3 is 2.74 bits per heavy atom. The van der Waals surface area contributed by atoms with E-state index in [2.05, 4.69) is 62.7 Å². The van der Waals surface area contributed by atoms with Crippen molar-refractivity contribution in [3.63, 3.8) is 0 Å². The number of allylic oxidation sites excluding steroid dienone is 1. The van der Waals surface area contributed by atoms with Gasteiger partial charge < -0.3 is 35.0 Å². The molecule has 0 spiro atoms. The number of nitrogens with zero attached hydrogens (tertiary/aromatic N) is 3. The van der Waals surface area contributed by atoms with E-state index in [1.54, 1.807) is 11.8 Å². The van der Waals surface area contributed by atoms with Gasteiger partial charge in [0.15, 0.2) is 38.7 Å². The van der Waals surface area contributed by atoms with Gasteiger partial charge in [0.25, 0.3) is 0 Å². The number of nitrogens with one attached hydrogen (secondary N) is 1. The van der Waals surface area contributed by atoms with Crippen LogP contribution in [-0.2, 0) is 25.5 Å². The van der Waals surface area contributed by atoms with Crippen LogP contribution in [0.5, 0.6) is 0 Å². The Morgan fingerprint density at radius 1 is 1.43 bits per heavy atom. The minimum atomic E-state index is -2.40. The van der Waals surface area contributed by atoms with Crippen molar-refractivity contribution in [2.45, 2.75) is 114 Å². The number of hydrogen-bond donors (Lipinski definition) is 4. The molecule has 42 heavy (non-hydrogen) atoms. The Balaban J connectivity index is 1.46. The molecule has 3 unspecified atom stereocenters. The van der Waals surface area contributed by atoms with Gasteiger partial charge in [-0.15, -0.1) is 11.8 Å². The second kappa shape index (κ2) is 12.9. The molecule has 9 atom stereocenters. The normalized spacial score (nSPS) is 34.4. The van der Waals surface area contributed by atoms with E-state index < -0.39 is 52.2 Å². The van der Waals surface area contributed by atoms with E-state index in [4.69, 9.17) is 31.2 Å². The molecular weight excluding hydrogens is 617 g/mol. The molecule has 15 heteroatoms. The fraction of sp³-hybridized carbons (Fsp3) is 0.778. The van der Waals surface area contributed by atoms with Gasteiger partial charge in [-0.25, -0.2) is 9.37 Å². The highest BCUT2D eigenvalue weighted by Gasteiger charge is 2.52. The Kier molecular flexibility index (Phi) is 10.4. The molecule has 1 aromatic heterocycles. The number of alkyl halides is 1. The van der Waals surface area contributed by atoms with Crippen LogP contribution in [0.2, 0.25) is 18.1 Å². The molecule has 2 aliphatic heterocycles. The zero-order valence-corrected chi connectivity index (χ0v) is 29.2. The molecular formula is C27H47FN5O5PS2Si. The van der Waals surface area contributed by atoms with Gasteiger partial charge >= 0.3 is 0 Å². The topological polar surface area (TPSA) is 136 Å². The number of ether oxygens (including phenoxy) is 1. The first-order valence-electron chi connectivity index (χ1n) is 14.4. The predicted octanol–water partition coefficient (Wildman–Crippen LogP) is 4.84. The summed E-state index contributed by atoms with van der Waals surface area (Å²) in [6.07, 6.45) is -1.87. The summed E-state index contributed by atoms with van der Waals surface area (Å²) >= 11 is 7.42. The van der Waals surface area contributed by atoms with E-state index in [0.717, 1.165) is 18.4 Å². The van der Waals surface area contributed by atoms with Crippen molar-refractivity contribution in [1.29, 1.82) is 0 Å². The molecule has 5 N–H and O–H groups in total. The first kappa shape index (κ1) is 34.0. The van der Waals surface area contributed by atoms with Gasteiger partial charge in [-0.05, 0) is 57.2 Å². The minimum absolute atomic E-state index is 0.00175. The van der Waals surface area contributed by atoms with E-state index in [1.165, 1.54) is 10.9 Å². The predicted molar refractivity (Wildman–Crippen MR) is 173 cm³/mol. The molecule has 10 nitrogen and oxygen atoms in total. The maximum Gasteiger partial charge on any atom is 0.197 e. The molecule has 1 aliphatic carbocycles. The lowest BCUT2D eigenvalue weighted by Gasteiger charge is -2.41. The molecule has 0 aromatic carbocycles. The standard InChI is InChI=1S/C27H47FN5O5PS2Si/c1-15(2)16-9-10-27(6,18(34)11-16)41-14-39(40)36-12-17-21(38-42(7,8)26(3,4)5)19(28)24(37-17)33-13-30-20-22(33)31-25(29)32-23(20)35/h13,16-19,21,23-24,34-35,39H,1,9-12,14H2,2-8H3,(H3,29,31,32)/t16-,17-,18+,19-,21?,23?,24-,27+/m1/s1. The quantitative estimate of drug-likeness (QED) is 0.156. The summed E-state index contributed by atoms with van der Waals surface area (Å²) in [5, 5.41) is 23.7. The van der Waals surface area contributed by atoms with Gasteiger partial charge in [-0.1, -0.05) is 44.7 Å². The van der Waals surface area contributed by atoms with Gasteiger partial charge in [-0.3, -0.25) is 4.57 Å². The highest BCUT2D eigenvalue weighted by atomic mass is 32.4. The number of nitrogens with two attached hydrogens (primary N) is 1. The highest BCUT2D eigenvalue weighted by Crippen LogP contribution is 2.48. The maximum absolute atomic E-state index is 16.3. The first-order valence-corrected chi connectivity index (χ1v) is 21.0. The van der Waals surface area contributed by atoms with Crippen LogP contribution in [0.1, 0.15) is 72.0 Å². The Labute approximate surface area is 259 Å². The largest absolute Gasteiger partial charge is 0.408 e. The fourth-order valence-electron chi connectivity index (χ4n) is 5.25. The molecule has 4 rings (SSSR count). The lowest BCUT2D eigenvalue weighted by Crippen LogP contribution is -2.49. The van der Waals surface area contributed by atoms with E-state index >= 15 is 4.39 Å². The lowest BCUT2D eigenvalue weighted by molar-refractivity contribution is -0.0389. The number of aromatic nitrogens is 2. The van der Waals surface area contributed by atoms with Gasteiger partial charge in [0.1, 0.15) is 17.9 Å². The number of halogens is 1. The van der Waals surface area contributed by atoms with Gasteiger partial charge in [0, 0.05) is 10.2 Å². The molecule has 1 saturated heterocycles. The van der Waals surface area contributed by atoms with Crippen LogP contribution in [0.3, 0.4) is 0 Å². The minimum Gasteiger partial charge on any atom is -0.408 e. The van der Waals surface area contributed by atoms with E-state index in [9.17, 15) is 10.2 Å². The van der Waals surface area contributed by atoms with Crippen LogP contribution in [0.4, 0.5) is 10.2 Å². The van der Waals surface area contributed by atoms with Crippen molar-refractivity contribution in [1.82, 2.24) is 14.9 Å². The summed E-state index contributed by atoms with van der Waals surface area (Å²) in [6.45, 7) is 17.0. The number of thioether (sulfide) groups is 1. The number of aliphatic hydroxyl groups excluding tert-OH is 2. The summed E-state index contributed by atoms with van der Waals surface area (Å²) in [5.41, 5.74) is 7.78. The van der Waals surface area contributed by atoms with Crippen molar-refractivity contribution in [2.75, 3.05) is 12.1 Å².